The van der Waals surface area contributed by atoms with Gasteiger partial charge in [0.2, 0.25) is 0 Å². The summed E-state index contributed by atoms with van der Waals surface area (Å²) in [7, 11) is 0. The standard InChI is InChI=1S/C28H29FO2/c1-20(22-5-3-2-4-6-22)19-21-7-9-23(10-8-21)24-11-13-25(14-12-24)28(30)31-27-17-15-26(29)16-18-27/h2-10,15-18,20,24-25H,11-14,19H2,1H3/t20-,24?,25?/m1/s1. The number of halogens is 1. The molecule has 0 unspecified atom stereocenters. The molecule has 0 spiro atoms. The van der Waals surface area contributed by atoms with Gasteiger partial charge in [-0.2, -0.15) is 0 Å². The van der Waals surface area contributed by atoms with Crippen LogP contribution in [0.15, 0.2) is 78.9 Å². The van der Waals surface area contributed by atoms with Gasteiger partial charge in [0.25, 0.3) is 0 Å². The third-order valence-electron chi connectivity index (χ3n) is 6.45. The molecule has 2 nitrogen and oxygen atoms in total. The summed E-state index contributed by atoms with van der Waals surface area (Å²) in [5.74, 6) is 0.794. The Bertz CT molecular complexity index is 972. The lowest BCUT2D eigenvalue weighted by atomic mass is 9.78. The van der Waals surface area contributed by atoms with Crippen molar-refractivity contribution in [1.82, 2.24) is 0 Å². The first-order valence-corrected chi connectivity index (χ1v) is 11.2. The highest BCUT2D eigenvalue weighted by Crippen LogP contribution is 2.36. The molecule has 3 aromatic rings. The fourth-order valence-electron chi connectivity index (χ4n) is 4.54. The maximum Gasteiger partial charge on any atom is 0.314 e. The SMILES string of the molecule is C[C@H](Cc1ccc(C2CCC(C(=O)Oc3ccc(F)cc3)CC2)cc1)c1ccccc1. The van der Waals surface area contributed by atoms with E-state index in [0.717, 1.165) is 32.1 Å². The Kier molecular flexibility index (Phi) is 6.81. The molecule has 0 radical (unpaired) electrons. The van der Waals surface area contributed by atoms with Crippen LogP contribution < -0.4 is 4.74 Å². The Morgan fingerprint density at radius 2 is 1.55 bits per heavy atom. The monoisotopic (exact) mass is 416 g/mol. The van der Waals surface area contributed by atoms with Crippen molar-refractivity contribution in [3.8, 4) is 5.75 Å². The highest BCUT2D eigenvalue weighted by Gasteiger charge is 2.28. The van der Waals surface area contributed by atoms with E-state index >= 15 is 0 Å². The van der Waals surface area contributed by atoms with Gasteiger partial charge in [-0.25, -0.2) is 4.39 Å². The van der Waals surface area contributed by atoms with Crippen molar-refractivity contribution in [1.29, 1.82) is 0 Å². The quantitative estimate of drug-likeness (QED) is 0.318. The van der Waals surface area contributed by atoms with E-state index in [1.165, 1.54) is 41.0 Å². The van der Waals surface area contributed by atoms with E-state index in [1.54, 1.807) is 0 Å². The van der Waals surface area contributed by atoms with Crippen LogP contribution >= 0.6 is 0 Å². The Morgan fingerprint density at radius 3 is 2.19 bits per heavy atom. The Labute approximate surface area is 184 Å². The summed E-state index contributed by atoms with van der Waals surface area (Å²) in [6, 6.07) is 25.3. The zero-order valence-electron chi connectivity index (χ0n) is 18.0. The van der Waals surface area contributed by atoms with Gasteiger partial charge in [-0.3, -0.25) is 4.79 Å². The lowest BCUT2D eigenvalue weighted by molar-refractivity contribution is -0.140. The van der Waals surface area contributed by atoms with Crippen LogP contribution in [0.25, 0.3) is 0 Å². The van der Waals surface area contributed by atoms with Crippen LogP contribution in [0.5, 0.6) is 5.75 Å². The molecular formula is C28H29FO2. The second-order valence-corrected chi connectivity index (χ2v) is 8.68. The van der Waals surface area contributed by atoms with Crippen molar-refractivity contribution in [2.45, 2.75) is 50.9 Å². The number of rotatable bonds is 6. The predicted molar refractivity (Wildman–Crippen MR) is 122 cm³/mol. The molecule has 1 saturated carbocycles. The van der Waals surface area contributed by atoms with E-state index in [1.807, 2.05) is 0 Å². The molecule has 0 heterocycles. The lowest BCUT2D eigenvalue weighted by Crippen LogP contribution is -2.25. The normalized spacial score (nSPS) is 19.5. The minimum Gasteiger partial charge on any atom is -0.426 e. The Balaban J connectivity index is 1.28. The predicted octanol–water partition coefficient (Wildman–Crippen LogP) is 7.05. The molecule has 0 saturated heterocycles. The molecule has 0 N–H and O–H groups in total. The topological polar surface area (TPSA) is 26.3 Å². The van der Waals surface area contributed by atoms with E-state index in [0.29, 0.717) is 17.6 Å². The van der Waals surface area contributed by atoms with Crippen molar-refractivity contribution in [3.05, 3.63) is 101 Å². The number of carbonyl (C=O) groups is 1. The summed E-state index contributed by atoms with van der Waals surface area (Å²) < 4.78 is 18.4. The molecule has 1 aliphatic carbocycles. The number of carbonyl (C=O) groups excluding carboxylic acids is 1. The van der Waals surface area contributed by atoms with E-state index in [4.69, 9.17) is 4.74 Å². The number of hydrogen-bond donors (Lipinski definition) is 0. The van der Waals surface area contributed by atoms with Gasteiger partial charge in [-0.05, 0) is 84.9 Å². The highest BCUT2D eigenvalue weighted by atomic mass is 19.1. The second-order valence-electron chi connectivity index (χ2n) is 8.68. The van der Waals surface area contributed by atoms with Crippen molar-refractivity contribution in [2.75, 3.05) is 0 Å². The second kappa shape index (κ2) is 9.91. The van der Waals surface area contributed by atoms with Crippen molar-refractivity contribution in [2.24, 2.45) is 5.92 Å². The molecule has 4 rings (SSSR count). The molecule has 0 amide bonds. The van der Waals surface area contributed by atoms with E-state index in [-0.39, 0.29) is 17.7 Å². The Morgan fingerprint density at radius 1 is 0.903 bits per heavy atom. The van der Waals surface area contributed by atoms with Crippen LogP contribution in [-0.2, 0) is 11.2 Å². The lowest BCUT2D eigenvalue weighted by Gasteiger charge is -2.27. The first-order valence-electron chi connectivity index (χ1n) is 11.2. The summed E-state index contributed by atoms with van der Waals surface area (Å²) in [5.41, 5.74) is 4.09. The zero-order valence-corrected chi connectivity index (χ0v) is 18.0. The summed E-state index contributed by atoms with van der Waals surface area (Å²) in [4.78, 5) is 12.4. The third-order valence-corrected chi connectivity index (χ3v) is 6.45. The summed E-state index contributed by atoms with van der Waals surface area (Å²) in [6.45, 7) is 2.27. The van der Waals surface area contributed by atoms with Crippen molar-refractivity contribution >= 4 is 5.97 Å². The number of benzene rings is 3. The molecule has 0 aromatic heterocycles. The summed E-state index contributed by atoms with van der Waals surface area (Å²) >= 11 is 0. The number of hydrogen-bond acceptors (Lipinski definition) is 2. The van der Waals surface area contributed by atoms with Gasteiger partial charge in [0.15, 0.2) is 0 Å². The highest BCUT2D eigenvalue weighted by molar-refractivity contribution is 5.75. The number of esters is 1. The van der Waals surface area contributed by atoms with E-state index < -0.39 is 0 Å². The van der Waals surface area contributed by atoms with Gasteiger partial charge in [0.1, 0.15) is 11.6 Å². The van der Waals surface area contributed by atoms with Gasteiger partial charge in [0, 0.05) is 0 Å². The molecule has 3 aromatic carbocycles. The molecule has 0 aliphatic heterocycles. The summed E-state index contributed by atoms with van der Waals surface area (Å²) in [6.07, 6.45) is 4.67. The fraction of sp³-hybridized carbons (Fsp3) is 0.321. The van der Waals surface area contributed by atoms with Crippen LogP contribution in [0.4, 0.5) is 4.39 Å². The molecule has 0 bridgehead atoms. The maximum atomic E-state index is 13.0. The van der Waals surface area contributed by atoms with Gasteiger partial charge in [-0.15, -0.1) is 0 Å². The van der Waals surface area contributed by atoms with Crippen LogP contribution in [0, 0.1) is 11.7 Å². The summed E-state index contributed by atoms with van der Waals surface area (Å²) in [5, 5.41) is 0. The van der Waals surface area contributed by atoms with Gasteiger partial charge >= 0.3 is 5.97 Å². The average Bonchev–Trinajstić information content (AvgIpc) is 2.82. The van der Waals surface area contributed by atoms with Gasteiger partial charge < -0.3 is 4.74 Å². The van der Waals surface area contributed by atoms with Crippen molar-refractivity contribution < 1.29 is 13.9 Å². The fourth-order valence-corrected chi connectivity index (χ4v) is 4.54. The van der Waals surface area contributed by atoms with Crippen LogP contribution in [0.3, 0.4) is 0 Å². The Hall–Kier alpha value is -2.94. The zero-order chi connectivity index (χ0) is 21.6. The minimum atomic E-state index is -0.333. The first-order chi connectivity index (χ1) is 15.1. The van der Waals surface area contributed by atoms with Gasteiger partial charge in [0.05, 0.1) is 5.92 Å². The third kappa shape index (κ3) is 5.61. The van der Waals surface area contributed by atoms with E-state index in [2.05, 4.69) is 61.5 Å². The number of ether oxygens (including phenoxy) is 1. The van der Waals surface area contributed by atoms with Crippen LogP contribution in [0.1, 0.15) is 61.1 Å². The minimum absolute atomic E-state index is 0.0766. The molecule has 1 fully saturated rings. The molecular weight excluding hydrogens is 387 g/mol. The first kappa shape index (κ1) is 21.3. The molecule has 3 heteroatoms. The van der Waals surface area contributed by atoms with E-state index in [9.17, 15) is 9.18 Å². The average molecular weight is 417 g/mol. The maximum absolute atomic E-state index is 13.0. The molecule has 1 atom stereocenters. The van der Waals surface area contributed by atoms with Crippen LogP contribution in [-0.4, -0.2) is 5.97 Å². The van der Waals surface area contributed by atoms with Crippen molar-refractivity contribution in [3.63, 3.8) is 0 Å². The molecule has 31 heavy (non-hydrogen) atoms. The van der Waals surface area contributed by atoms with Crippen LogP contribution in [0.2, 0.25) is 0 Å². The largest absolute Gasteiger partial charge is 0.426 e. The molecule has 160 valence electrons. The smallest absolute Gasteiger partial charge is 0.314 e. The van der Waals surface area contributed by atoms with Gasteiger partial charge in [-0.1, -0.05) is 61.5 Å². The molecule has 1 aliphatic rings.